The van der Waals surface area contributed by atoms with Gasteiger partial charge in [0.2, 0.25) is 5.91 Å². The summed E-state index contributed by atoms with van der Waals surface area (Å²) in [6, 6.07) is 8.31. The lowest BCUT2D eigenvalue weighted by Gasteiger charge is -2.27. The zero-order valence-electron chi connectivity index (χ0n) is 13.9. The third-order valence-corrected chi connectivity index (χ3v) is 5.91. The molecule has 2 fully saturated rings. The van der Waals surface area contributed by atoms with Crippen LogP contribution in [-0.2, 0) is 11.2 Å². The number of amides is 1. The van der Waals surface area contributed by atoms with Crippen molar-refractivity contribution >= 4 is 41.7 Å². The molecule has 1 unspecified atom stereocenters. The highest BCUT2D eigenvalue weighted by atomic mass is 35.5. The van der Waals surface area contributed by atoms with E-state index in [4.69, 9.17) is 11.6 Å². The second kappa shape index (κ2) is 9.91. The molecule has 0 aromatic heterocycles. The average molecular weight is 389 g/mol. The molecule has 1 atom stereocenters. The molecule has 1 aromatic carbocycles. The third kappa shape index (κ3) is 6.47. The Bertz CT molecular complexity index is 516. The summed E-state index contributed by atoms with van der Waals surface area (Å²) in [6.07, 6.45) is 4.10. The second-order valence-corrected chi connectivity index (χ2v) is 8.18. The van der Waals surface area contributed by atoms with E-state index in [1.54, 1.807) is 0 Å². The average Bonchev–Trinajstić information content (AvgIpc) is 3.38. The number of hydrogen-bond donors (Lipinski definition) is 1. The molecule has 1 saturated carbocycles. The van der Waals surface area contributed by atoms with Crippen LogP contribution in [0.1, 0.15) is 24.8 Å². The number of carbonyl (C=O) groups is 1. The van der Waals surface area contributed by atoms with Crippen LogP contribution in [0, 0.1) is 5.92 Å². The van der Waals surface area contributed by atoms with Crippen LogP contribution in [0.15, 0.2) is 24.3 Å². The number of benzene rings is 1. The van der Waals surface area contributed by atoms with E-state index in [-0.39, 0.29) is 12.4 Å². The first-order valence-electron chi connectivity index (χ1n) is 8.54. The van der Waals surface area contributed by atoms with E-state index in [1.165, 1.54) is 18.4 Å². The van der Waals surface area contributed by atoms with E-state index < -0.39 is 0 Å². The maximum Gasteiger partial charge on any atom is 0.224 e. The summed E-state index contributed by atoms with van der Waals surface area (Å²) in [5.41, 5.74) is 1.24. The standard InChI is InChI=1S/C18H25ClN2OS.ClH/c19-16-5-3-14(4-6-16)7-9-21(12-15-1-2-15)18(22)11-17-13-23-10-8-20-17;/h3-6,15,17,20H,1-2,7-13H2;1H. The van der Waals surface area contributed by atoms with Crippen molar-refractivity contribution in [2.75, 3.05) is 31.1 Å². The molecule has 1 aliphatic carbocycles. The van der Waals surface area contributed by atoms with E-state index in [9.17, 15) is 4.79 Å². The van der Waals surface area contributed by atoms with E-state index in [1.807, 2.05) is 23.9 Å². The minimum absolute atomic E-state index is 0. The monoisotopic (exact) mass is 388 g/mol. The number of nitrogens with zero attached hydrogens (tertiary/aromatic N) is 1. The summed E-state index contributed by atoms with van der Waals surface area (Å²) < 4.78 is 0. The second-order valence-electron chi connectivity index (χ2n) is 6.59. The van der Waals surface area contributed by atoms with Gasteiger partial charge in [-0.1, -0.05) is 23.7 Å². The Kier molecular flexibility index (Phi) is 8.21. The molecule has 0 spiro atoms. The number of halogens is 2. The van der Waals surface area contributed by atoms with Gasteiger partial charge in [-0.15, -0.1) is 12.4 Å². The molecule has 1 aromatic rings. The van der Waals surface area contributed by atoms with Crippen LogP contribution in [0.5, 0.6) is 0 Å². The topological polar surface area (TPSA) is 32.3 Å². The molecular formula is C18H26Cl2N2OS. The number of hydrogen-bond acceptors (Lipinski definition) is 3. The molecule has 2 aliphatic rings. The Morgan fingerprint density at radius 1 is 1.29 bits per heavy atom. The molecular weight excluding hydrogens is 363 g/mol. The minimum Gasteiger partial charge on any atom is -0.342 e. The Balaban J connectivity index is 0.00000208. The largest absolute Gasteiger partial charge is 0.342 e. The lowest BCUT2D eigenvalue weighted by Crippen LogP contribution is -2.43. The highest BCUT2D eigenvalue weighted by molar-refractivity contribution is 7.99. The van der Waals surface area contributed by atoms with Crippen LogP contribution < -0.4 is 5.32 Å². The number of rotatable bonds is 7. The maximum absolute atomic E-state index is 12.7. The number of nitrogens with one attached hydrogen (secondary N) is 1. The van der Waals surface area contributed by atoms with Crippen LogP contribution in [0.4, 0.5) is 0 Å². The van der Waals surface area contributed by atoms with Gasteiger partial charge in [-0.25, -0.2) is 0 Å². The Morgan fingerprint density at radius 3 is 2.67 bits per heavy atom. The molecule has 1 N–H and O–H groups in total. The van der Waals surface area contributed by atoms with Crippen molar-refractivity contribution in [1.82, 2.24) is 10.2 Å². The SMILES string of the molecule is Cl.O=C(CC1CSCCN1)N(CCc1ccc(Cl)cc1)CC1CC1. The first-order chi connectivity index (χ1) is 11.2. The fraction of sp³-hybridized carbons (Fsp3) is 0.611. The molecule has 3 nitrogen and oxygen atoms in total. The summed E-state index contributed by atoms with van der Waals surface area (Å²) in [6.45, 7) is 2.78. The first-order valence-corrected chi connectivity index (χ1v) is 10.1. The van der Waals surface area contributed by atoms with E-state index in [2.05, 4.69) is 22.3 Å². The van der Waals surface area contributed by atoms with Gasteiger partial charge in [-0.05, 0) is 42.9 Å². The maximum atomic E-state index is 12.7. The lowest BCUT2D eigenvalue weighted by atomic mass is 10.1. The predicted molar refractivity (Wildman–Crippen MR) is 105 cm³/mol. The van der Waals surface area contributed by atoms with Crippen molar-refractivity contribution in [1.29, 1.82) is 0 Å². The fourth-order valence-corrected chi connectivity index (χ4v) is 4.01. The van der Waals surface area contributed by atoms with Crippen molar-refractivity contribution in [3.05, 3.63) is 34.9 Å². The van der Waals surface area contributed by atoms with Gasteiger partial charge >= 0.3 is 0 Å². The van der Waals surface area contributed by atoms with Gasteiger partial charge in [0.1, 0.15) is 0 Å². The van der Waals surface area contributed by atoms with Gasteiger partial charge < -0.3 is 10.2 Å². The molecule has 1 saturated heterocycles. The van der Waals surface area contributed by atoms with E-state index in [0.717, 1.165) is 48.5 Å². The van der Waals surface area contributed by atoms with E-state index >= 15 is 0 Å². The Labute approximate surface area is 160 Å². The van der Waals surface area contributed by atoms with Crippen molar-refractivity contribution in [3.63, 3.8) is 0 Å². The van der Waals surface area contributed by atoms with Crippen molar-refractivity contribution < 1.29 is 4.79 Å². The molecule has 1 heterocycles. The predicted octanol–water partition coefficient (Wildman–Crippen LogP) is 3.64. The van der Waals surface area contributed by atoms with Gasteiger partial charge in [0.05, 0.1) is 0 Å². The van der Waals surface area contributed by atoms with E-state index in [0.29, 0.717) is 18.4 Å². The Hall–Kier alpha value is -0.420. The number of thioether (sulfide) groups is 1. The summed E-state index contributed by atoms with van der Waals surface area (Å²) in [5.74, 6) is 3.26. The highest BCUT2D eigenvalue weighted by Gasteiger charge is 2.28. The Morgan fingerprint density at radius 2 is 2.04 bits per heavy atom. The minimum atomic E-state index is 0. The summed E-state index contributed by atoms with van der Waals surface area (Å²) in [4.78, 5) is 14.8. The first kappa shape index (κ1) is 19.9. The smallest absolute Gasteiger partial charge is 0.224 e. The molecule has 24 heavy (non-hydrogen) atoms. The molecule has 0 radical (unpaired) electrons. The molecule has 6 heteroatoms. The van der Waals surface area contributed by atoms with Crippen LogP contribution in [0.2, 0.25) is 5.02 Å². The van der Waals surface area contributed by atoms with Crippen molar-refractivity contribution in [2.45, 2.75) is 31.7 Å². The van der Waals surface area contributed by atoms with Gasteiger partial charge in [-0.3, -0.25) is 4.79 Å². The van der Waals surface area contributed by atoms with Gasteiger partial charge in [0, 0.05) is 48.6 Å². The highest BCUT2D eigenvalue weighted by Crippen LogP contribution is 2.30. The molecule has 3 rings (SSSR count). The van der Waals surface area contributed by atoms with Crippen molar-refractivity contribution in [2.24, 2.45) is 5.92 Å². The molecule has 1 amide bonds. The van der Waals surface area contributed by atoms with Gasteiger partial charge in [-0.2, -0.15) is 11.8 Å². The van der Waals surface area contributed by atoms with Crippen LogP contribution in [0.25, 0.3) is 0 Å². The molecule has 1 aliphatic heterocycles. The lowest BCUT2D eigenvalue weighted by molar-refractivity contribution is -0.131. The molecule has 134 valence electrons. The van der Waals surface area contributed by atoms with Crippen LogP contribution >= 0.6 is 35.8 Å². The summed E-state index contributed by atoms with van der Waals surface area (Å²) in [5, 5.41) is 4.24. The normalized spacial score (nSPS) is 20.3. The zero-order valence-corrected chi connectivity index (χ0v) is 16.3. The zero-order chi connectivity index (χ0) is 16.1. The molecule has 0 bridgehead atoms. The van der Waals surface area contributed by atoms with Crippen LogP contribution in [-0.4, -0.2) is 48.0 Å². The third-order valence-electron chi connectivity index (χ3n) is 4.53. The van der Waals surface area contributed by atoms with Gasteiger partial charge in [0.15, 0.2) is 0 Å². The van der Waals surface area contributed by atoms with Crippen molar-refractivity contribution in [3.8, 4) is 0 Å². The number of carbonyl (C=O) groups excluding carboxylic acids is 1. The van der Waals surface area contributed by atoms with Gasteiger partial charge in [0.25, 0.3) is 0 Å². The summed E-state index contributed by atoms with van der Waals surface area (Å²) in [7, 11) is 0. The summed E-state index contributed by atoms with van der Waals surface area (Å²) >= 11 is 7.89. The van der Waals surface area contributed by atoms with Crippen LogP contribution in [0.3, 0.4) is 0 Å². The quantitative estimate of drug-likeness (QED) is 0.773. The fourth-order valence-electron chi connectivity index (χ4n) is 2.94.